The van der Waals surface area contributed by atoms with Crippen LogP contribution >= 0.6 is 0 Å². The molecule has 5 N–H and O–H groups in total. The predicted octanol–water partition coefficient (Wildman–Crippen LogP) is 3.60. The van der Waals surface area contributed by atoms with Gasteiger partial charge in [-0.15, -0.1) is 6.42 Å². The smallest absolute Gasteiger partial charge is 0.303 e. The van der Waals surface area contributed by atoms with Crippen molar-refractivity contribution >= 4 is 28.8 Å². The molecule has 7 heteroatoms. The third-order valence-corrected chi connectivity index (χ3v) is 5.86. The zero-order chi connectivity index (χ0) is 24.2. The van der Waals surface area contributed by atoms with Gasteiger partial charge in [0, 0.05) is 29.9 Å². The number of rotatable bonds is 6. The zero-order valence-corrected chi connectivity index (χ0v) is 18.4. The Morgan fingerprint density at radius 3 is 2.53 bits per heavy atom. The van der Waals surface area contributed by atoms with Crippen LogP contribution in [0, 0.1) is 23.7 Å². The summed E-state index contributed by atoms with van der Waals surface area (Å²) in [4.78, 5) is 24.8. The first-order chi connectivity index (χ1) is 16.4. The molecule has 34 heavy (non-hydrogen) atoms. The first kappa shape index (κ1) is 22.6. The second-order valence-corrected chi connectivity index (χ2v) is 8.11. The van der Waals surface area contributed by atoms with Gasteiger partial charge >= 0.3 is 5.97 Å². The third-order valence-electron chi connectivity index (χ3n) is 5.86. The summed E-state index contributed by atoms with van der Waals surface area (Å²) < 4.78 is 0. The van der Waals surface area contributed by atoms with Gasteiger partial charge in [0.05, 0.1) is 11.4 Å². The number of terminal acetylenes is 1. The molecule has 1 aliphatic heterocycles. The molecule has 1 heterocycles. The van der Waals surface area contributed by atoms with E-state index in [0.717, 1.165) is 16.8 Å². The van der Waals surface area contributed by atoms with Crippen LogP contribution in [0.5, 0.6) is 0 Å². The van der Waals surface area contributed by atoms with Crippen molar-refractivity contribution in [1.82, 2.24) is 5.43 Å². The highest BCUT2D eigenvalue weighted by molar-refractivity contribution is 6.07. The van der Waals surface area contributed by atoms with Gasteiger partial charge in [0.1, 0.15) is 11.5 Å². The number of ketones is 1. The van der Waals surface area contributed by atoms with Crippen LogP contribution in [0.3, 0.4) is 0 Å². The fraction of sp³-hybridized carbons (Fsp3) is 0.148. The first-order valence-electron chi connectivity index (χ1n) is 10.8. The Labute approximate surface area is 197 Å². The minimum atomic E-state index is -0.931. The molecule has 0 fully saturated rings. The largest absolute Gasteiger partial charge is 0.481 e. The number of hydrazine groups is 1. The van der Waals surface area contributed by atoms with E-state index in [1.165, 1.54) is 0 Å². The molecule has 2 aromatic rings. The molecule has 2 aromatic carbocycles. The lowest BCUT2D eigenvalue weighted by atomic mass is 9.81. The highest BCUT2D eigenvalue weighted by Gasteiger charge is 2.33. The normalized spacial score (nSPS) is 17.6. The number of nitrogens with zero attached hydrogens (tertiary/aromatic N) is 1. The fourth-order valence-electron chi connectivity index (χ4n) is 4.21. The summed E-state index contributed by atoms with van der Waals surface area (Å²) in [5.74, 6) is 1.13. The highest BCUT2D eigenvalue weighted by atomic mass is 16.4. The number of carboxylic acids is 1. The number of benzene rings is 2. The summed E-state index contributed by atoms with van der Waals surface area (Å²) in [7, 11) is 0. The number of amidine groups is 1. The molecule has 2 aliphatic rings. The maximum atomic E-state index is 13.5. The molecule has 7 nitrogen and oxygen atoms in total. The highest BCUT2D eigenvalue weighted by Crippen LogP contribution is 2.38. The second-order valence-electron chi connectivity index (χ2n) is 8.11. The van der Waals surface area contributed by atoms with Crippen molar-refractivity contribution in [1.29, 1.82) is 5.41 Å². The number of Topliss-reactive ketones (excluding diaryl/α,β-unsaturated/α-hetero) is 1. The topological polar surface area (TPSA) is 120 Å². The van der Waals surface area contributed by atoms with Crippen LogP contribution in [-0.2, 0) is 9.59 Å². The molecule has 170 valence electrons. The van der Waals surface area contributed by atoms with Crippen LogP contribution in [0.15, 0.2) is 83.7 Å². The van der Waals surface area contributed by atoms with Crippen LogP contribution in [-0.4, -0.2) is 22.7 Å². The summed E-state index contributed by atoms with van der Waals surface area (Å²) in [5.41, 5.74) is 13.5. The number of para-hydroxylation sites is 1. The minimum Gasteiger partial charge on any atom is -0.481 e. The summed E-state index contributed by atoms with van der Waals surface area (Å²) in [5, 5.41) is 18.6. The van der Waals surface area contributed by atoms with Crippen LogP contribution in [0.2, 0.25) is 0 Å². The Bertz CT molecular complexity index is 1280. The van der Waals surface area contributed by atoms with Crippen molar-refractivity contribution in [2.45, 2.75) is 19.3 Å². The van der Waals surface area contributed by atoms with Gasteiger partial charge in [0.2, 0.25) is 0 Å². The van der Waals surface area contributed by atoms with E-state index < -0.39 is 11.9 Å². The molecule has 0 aromatic heterocycles. The molecule has 0 spiro atoms. The van der Waals surface area contributed by atoms with Gasteiger partial charge in [0.15, 0.2) is 5.78 Å². The van der Waals surface area contributed by atoms with E-state index in [1.54, 1.807) is 23.2 Å². The Balaban J connectivity index is 1.86. The number of allylic oxidation sites excluding steroid dienone is 5. The molecule has 4 rings (SSSR count). The second kappa shape index (κ2) is 9.51. The van der Waals surface area contributed by atoms with Crippen molar-refractivity contribution < 1.29 is 14.7 Å². The van der Waals surface area contributed by atoms with Gasteiger partial charge in [-0.2, -0.15) is 0 Å². The number of carboxylic acid groups (broad SMARTS) is 1. The Hall–Kier alpha value is -4.57. The maximum absolute atomic E-state index is 13.5. The summed E-state index contributed by atoms with van der Waals surface area (Å²) in [6.45, 7) is 0. The zero-order valence-electron chi connectivity index (χ0n) is 18.4. The number of hydrogen-bond donors (Lipinski definition) is 4. The maximum Gasteiger partial charge on any atom is 0.303 e. The average molecular weight is 453 g/mol. The number of nitrogens with one attached hydrogen (secondary N) is 2. The van der Waals surface area contributed by atoms with E-state index in [4.69, 9.17) is 17.6 Å². The molecule has 0 saturated carbocycles. The number of aliphatic carboxylic acids is 1. The Morgan fingerprint density at radius 1 is 1.21 bits per heavy atom. The lowest BCUT2D eigenvalue weighted by Gasteiger charge is -2.31. The quantitative estimate of drug-likeness (QED) is 0.302. The molecule has 0 amide bonds. The molecular weight excluding hydrogens is 428 g/mol. The summed E-state index contributed by atoms with van der Waals surface area (Å²) in [6.07, 6.45) is 9.79. The van der Waals surface area contributed by atoms with Gasteiger partial charge in [-0.3, -0.25) is 25.4 Å². The first-order valence-corrected chi connectivity index (χ1v) is 10.8. The van der Waals surface area contributed by atoms with Gasteiger partial charge in [-0.1, -0.05) is 48.4 Å². The number of nitrogens with two attached hydrogens (primary N) is 1. The predicted molar refractivity (Wildman–Crippen MR) is 131 cm³/mol. The van der Waals surface area contributed by atoms with Gasteiger partial charge in [-0.25, -0.2) is 0 Å². The summed E-state index contributed by atoms with van der Waals surface area (Å²) >= 11 is 0. The SMILES string of the molecule is C#CC1=CC(CCC(=O)O)C2=C(C=C(c3ccc(C(=N)N)cc3)CC2=O)N(c2ccccc2)N1. The number of nitrogen functional groups attached to an aromatic ring is 1. The van der Waals surface area contributed by atoms with Crippen LogP contribution in [0.1, 0.15) is 30.4 Å². The molecule has 0 radical (unpaired) electrons. The Kier molecular flexibility index (Phi) is 6.33. The molecule has 0 bridgehead atoms. The van der Waals surface area contributed by atoms with Gasteiger partial charge in [0.25, 0.3) is 0 Å². The van der Waals surface area contributed by atoms with Crippen LogP contribution in [0.25, 0.3) is 5.57 Å². The standard InChI is InChI=1S/C27H24N4O3/c1-2-21-14-19(12-13-25(33)34)26-23(31(30-21)22-6-4-3-5-7-22)15-20(16-24(26)32)17-8-10-18(11-9-17)27(28)29/h1,3-11,14-15,19,30H,12-13,16H2,(H3,28,29)(H,33,34). The lowest BCUT2D eigenvalue weighted by Crippen LogP contribution is -2.37. The van der Waals surface area contributed by atoms with Gasteiger partial charge < -0.3 is 10.8 Å². The average Bonchev–Trinajstić information content (AvgIpc) is 3.00. The van der Waals surface area contributed by atoms with Crippen molar-refractivity contribution in [2.24, 2.45) is 11.7 Å². The van der Waals surface area contributed by atoms with Gasteiger partial charge in [-0.05, 0) is 41.8 Å². The number of hydrogen-bond acceptors (Lipinski definition) is 5. The fourth-order valence-corrected chi connectivity index (χ4v) is 4.21. The van der Waals surface area contributed by atoms with Crippen molar-refractivity contribution in [3.8, 4) is 12.3 Å². The molecular formula is C27H24N4O3. The number of anilines is 1. The lowest BCUT2D eigenvalue weighted by molar-refractivity contribution is -0.137. The molecule has 1 unspecified atom stereocenters. The van der Waals surface area contributed by atoms with E-state index in [0.29, 0.717) is 22.5 Å². The van der Waals surface area contributed by atoms with Crippen molar-refractivity contribution in [2.75, 3.05) is 5.01 Å². The van der Waals surface area contributed by atoms with E-state index in [2.05, 4.69) is 11.3 Å². The molecule has 1 aliphatic carbocycles. The third kappa shape index (κ3) is 4.62. The van der Waals surface area contributed by atoms with E-state index >= 15 is 0 Å². The van der Waals surface area contributed by atoms with Crippen LogP contribution < -0.4 is 16.2 Å². The monoisotopic (exact) mass is 452 g/mol. The van der Waals surface area contributed by atoms with Crippen LogP contribution in [0.4, 0.5) is 5.69 Å². The van der Waals surface area contributed by atoms with Crippen molar-refractivity contribution in [3.63, 3.8) is 0 Å². The molecule has 1 atom stereocenters. The molecule has 0 saturated heterocycles. The Morgan fingerprint density at radius 2 is 1.91 bits per heavy atom. The van der Waals surface area contributed by atoms with E-state index in [-0.39, 0.29) is 30.9 Å². The van der Waals surface area contributed by atoms with Crippen molar-refractivity contribution in [3.05, 3.63) is 94.8 Å². The minimum absolute atomic E-state index is 0.0253. The number of carbonyl (C=O) groups excluding carboxylic acids is 1. The van der Waals surface area contributed by atoms with E-state index in [9.17, 15) is 14.7 Å². The van der Waals surface area contributed by atoms with E-state index in [1.807, 2.05) is 48.5 Å². The summed E-state index contributed by atoms with van der Waals surface area (Å²) in [6, 6.07) is 16.7. The number of carbonyl (C=O) groups is 2.